The predicted octanol–water partition coefficient (Wildman–Crippen LogP) is 2.14. The molecule has 1 fully saturated rings. The molecular weight excluding hydrogens is 294 g/mol. The van der Waals surface area contributed by atoms with Crippen LogP contribution in [-0.2, 0) is 9.53 Å². The minimum absolute atomic E-state index is 0.0531. The molecule has 1 aromatic rings. The number of amides is 1. The van der Waals surface area contributed by atoms with Crippen LogP contribution in [0.3, 0.4) is 0 Å². The lowest BCUT2D eigenvalue weighted by molar-refractivity contribution is -0.121. The smallest absolute Gasteiger partial charge is 0.342 e. The van der Waals surface area contributed by atoms with Crippen LogP contribution in [0.5, 0.6) is 0 Å². The SMILES string of the molecule is CCC(=O)NC1CCCN(c2ncccc2C(=O)OC(C)C)C1. The van der Waals surface area contributed by atoms with Gasteiger partial charge in [0, 0.05) is 31.7 Å². The summed E-state index contributed by atoms with van der Waals surface area (Å²) in [6.45, 7) is 6.97. The molecule has 1 aromatic heterocycles. The first-order chi connectivity index (χ1) is 11.0. The largest absolute Gasteiger partial charge is 0.459 e. The van der Waals surface area contributed by atoms with E-state index in [0.29, 0.717) is 24.3 Å². The molecule has 6 heteroatoms. The van der Waals surface area contributed by atoms with Crippen molar-refractivity contribution in [1.29, 1.82) is 0 Å². The Balaban J connectivity index is 2.14. The van der Waals surface area contributed by atoms with Crippen LogP contribution in [0.25, 0.3) is 0 Å². The van der Waals surface area contributed by atoms with Gasteiger partial charge in [0.05, 0.1) is 6.10 Å². The summed E-state index contributed by atoms with van der Waals surface area (Å²) in [6.07, 6.45) is 3.88. The van der Waals surface area contributed by atoms with Crippen molar-refractivity contribution in [3.8, 4) is 0 Å². The Labute approximate surface area is 137 Å². The van der Waals surface area contributed by atoms with Gasteiger partial charge in [-0.25, -0.2) is 9.78 Å². The number of nitrogens with zero attached hydrogens (tertiary/aromatic N) is 2. The van der Waals surface area contributed by atoms with E-state index < -0.39 is 0 Å². The average Bonchev–Trinajstić information content (AvgIpc) is 2.54. The van der Waals surface area contributed by atoms with Crippen LogP contribution in [-0.4, -0.2) is 42.1 Å². The minimum Gasteiger partial charge on any atom is -0.459 e. The van der Waals surface area contributed by atoms with Crippen molar-refractivity contribution >= 4 is 17.7 Å². The van der Waals surface area contributed by atoms with Crippen LogP contribution in [0, 0.1) is 0 Å². The van der Waals surface area contributed by atoms with Crippen molar-refractivity contribution in [3.63, 3.8) is 0 Å². The molecule has 1 aliphatic rings. The first kappa shape index (κ1) is 17.2. The summed E-state index contributed by atoms with van der Waals surface area (Å²) in [5.74, 6) is 0.328. The Kier molecular flexibility index (Phi) is 5.96. The molecule has 1 atom stereocenters. The Morgan fingerprint density at radius 3 is 2.96 bits per heavy atom. The van der Waals surface area contributed by atoms with Crippen molar-refractivity contribution in [1.82, 2.24) is 10.3 Å². The summed E-state index contributed by atoms with van der Waals surface area (Å²) in [6, 6.07) is 3.56. The Morgan fingerprint density at radius 1 is 1.48 bits per heavy atom. The summed E-state index contributed by atoms with van der Waals surface area (Å²) in [7, 11) is 0. The summed E-state index contributed by atoms with van der Waals surface area (Å²) in [5, 5.41) is 3.02. The highest BCUT2D eigenvalue weighted by Gasteiger charge is 2.26. The molecule has 0 saturated carbocycles. The van der Waals surface area contributed by atoms with Gasteiger partial charge in [0.2, 0.25) is 5.91 Å². The van der Waals surface area contributed by atoms with Gasteiger partial charge in [-0.2, -0.15) is 0 Å². The lowest BCUT2D eigenvalue weighted by atomic mass is 10.0. The van der Waals surface area contributed by atoms with E-state index in [4.69, 9.17) is 4.74 Å². The van der Waals surface area contributed by atoms with E-state index in [2.05, 4.69) is 15.2 Å². The van der Waals surface area contributed by atoms with Crippen molar-refractivity contribution in [2.24, 2.45) is 0 Å². The maximum absolute atomic E-state index is 12.3. The van der Waals surface area contributed by atoms with Crippen LogP contribution < -0.4 is 10.2 Å². The predicted molar refractivity (Wildman–Crippen MR) is 88.5 cm³/mol. The number of nitrogens with one attached hydrogen (secondary N) is 1. The number of ether oxygens (including phenoxy) is 1. The van der Waals surface area contributed by atoms with Crippen molar-refractivity contribution in [2.75, 3.05) is 18.0 Å². The molecule has 0 radical (unpaired) electrons. The molecule has 1 aliphatic heterocycles. The molecule has 1 saturated heterocycles. The number of anilines is 1. The van der Waals surface area contributed by atoms with E-state index in [1.165, 1.54) is 0 Å². The normalized spacial score (nSPS) is 17.9. The second-order valence-corrected chi connectivity index (χ2v) is 6.03. The number of hydrogen-bond donors (Lipinski definition) is 1. The van der Waals surface area contributed by atoms with Crippen molar-refractivity contribution in [3.05, 3.63) is 23.9 Å². The van der Waals surface area contributed by atoms with Crippen molar-refractivity contribution < 1.29 is 14.3 Å². The highest BCUT2D eigenvalue weighted by molar-refractivity contribution is 5.94. The van der Waals surface area contributed by atoms with E-state index in [1.807, 2.05) is 20.8 Å². The molecule has 0 aromatic carbocycles. The topological polar surface area (TPSA) is 71.5 Å². The van der Waals surface area contributed by atoms with Crippen LogP contribution >= 0.6 is 0 Å². The lowest BCUT2D eigenvalue weighted by Crippen LogP contribution is -2.48. The van der Waals surface area contributed by atoms with E-state index in [0.717, 1.165) is 19.4 Å². The highest BCUT2D eigenvalue weighted by atomic mass is 16.5. The van der Waals surface area contributed by atoms with Gasteiger partial charge in [-0.15, -0.1) is 0 Å². The van der Waals surface area contributed by atoms with Crippen LogP contribution in [0.15, 0.2) is 18.3 Å². The molecule has 1 N–H and O–H groups in total. The van der Waals surface area contributed by atoms with Gasteiger partial charge in [-0.3, -0.25) is 4.79 Å². The van der Waals surface area contributed by atoms with Crippen LogP contribution in [0.1, 0.15) is 50.4 Å². The molecule has 126 valence electrons. The first-order valence-electron chi connectivity index (χ1n) is 8.21. The third-order valence-electron chi connectivity index (χ3n) is 3.76. The standard InChI is InChI=1S/C17H25N3O3/c1-4-15(21)19-13-7-6-10-20(11-13)16-14(8-5-9-18-16)17(22)23-12(2)3/h5,8-9,12-13H,4,6-7,10-11H2,1-3H3,(H,19,21). The number of aromatic nitrogens is 1. The quantitative estimate of drug-likeness (QED) is 0.842. The van der Waals surface area contributed by atoms with E-state index in [9.17, 15) is 9.59 Å². The van der Waals surface area contributed by atoms with Gasteiger partial charge in [-0.1, -0.05) is 6.92 Å². The molecule has 2 rings (SSSR count). The van der Waals surface area contributed by atoms with Gasteiger partial charge < -0.3 is 15.0 Å². The molecule has 0 bridgehead atoms. The van der Waals surface area contributed by atoms with Gasteiger partial charge in [0.25, 0.3) is 0 Å². The van der Waals surface area contributed by atoms with E-state index >= 15 is 0 Å². The fourth-order valence-corrected chi connectivity index (χ4v) is 2.70. The highest BCUT2D eigenvalue weighted by Crippen LogP contribution is 2.23. The monoisotopic (exact) mass is 319 g/mol. The van der Waals surface area contributed by atoms with Gasteiger partial charge in [0.15, 0.2) is 0 Å². The first-order valence-corrected chi connectivity index (χ1v) is 8.21. The fraction of sp³-hybridized carbons (Fsp3) is 0.588. The third-order valence-corrected chi connectivity index (χ3v) is 3.76. The second kappa shape index (κ2) is 7.94. The zero-order chi connectivity index (χ0) is 16.8. The minimum atomic E-state index is -0.359. The molecule has 2 heterocycles. The molecule has 1 amide bonds. The lowest BCUT2D eigenvalue weighted by Gasteiger charge is -2.34. The zero-order valence-corrected chi connectivity index (χ0v) is 14.0. The number of hydrogen-bond acceptors (Lipinski definition) is 5. The van der Waals surface area contributed by atoms with Crippen molar-refractivity contribution in [2.45, 2.75) is 52.2 Å². The van der Waals surface area contributed by atoms with Gasteiger partial charge in [-0.05, 0) is 38.8 Å². The fourth-order valence-electron chi connectivity index (χ4n) is 2.70. The number of esters is 1. The zero-order valence-electron chi connectivity index (χ0n) is 14.0. The molecule has 23 heavy (non-hydrogen) atoms. The molecule has 0 spiro atoms. The molecule has 6 nitrogen and oxygen atoms in total. The maximum Gasteiger partial charge on any atom is 0.342 e. The van der Waals surface area contributed by atoms with E-state index in [1.54, 1.807) is 18.3 Å². The van der Waals surface area contributed by atoms with Gasteiger partial charge >= 0.3 is 5.97 Å². The van der Waals surface area contributed by atoms with Gasteiger partial charge in [0.1, 0.15) is 11.4 Å². The molecule has 0 aliphatic carbocycles. The third kappa shape index (κ3) is 4.68. The average molecular weight is 319 g/mol. The Bertz CT molecular complexity index is 560. The second-order valence-electron chi connectivity index (χ2n) is 6.03. The number of carbonyl (C=O) groups is 2. The van der Waals surface area contributed by atoms with E-state index in [-0.39, 0.29) is 24.0 Å². The summed E-state index contributed by atoms with van der Waals surface area (Å²) >= 11 is 0. The van der Waals surface area contributed by atoms with Crippen LogP contribution in [0.4, 0.5) is 5.82 Å². The summed E-state index contributed by atoms with van der Waals surface area (Å²) in [5.41, 5.74) is 0.476. The molecule has 1 unspecified atom stereocenters. The van der Waals surface area contributed by atoms with Crippen LogP contribution in [0.2, 0.25) is 0 Å². The Morgan fingerprint density at radius 2 is 2.26 bits per heavy atom. The number of pyridine rings is 1. The summed E-state index contributed by atoms with van der Waals surface area (Å²) < 4.78 is 5.30. The number of piperidine rings is 1. The Hall–Kier alpha value is -2.11. The maximum atomic E-state index is 12.3. The number of rotatable bonds is 5. The summed E-state index contributed by atoms with van der Waals surface area (Å²) in [4.78, 5) is 30.3. The molecular formula is C17H25N3O3. The number of carbonyl (C=O) groups excluding carboxylic acids is 2.